The van der Waals surface area contributed by atoms with Gasteiger partial charge in [0, 0.05) is 11.4 Å². The van der Waals surface area contributed by atoms with E-state index in [9.17, 15) is 0 Å². The quantitative estimate of drug-likeness (QED) is 0.771. The molecule has 1 aromatic carbocycles. The molecule has 0 aliphatic rings. The van der Waals surface area contributed by atoms with Gasteiger partial charge in [0.05, 0.1) is 12.3 Å². The number of thiophene rings is 1. The van der Waals surface area contributed by atoms with E-state index in [1.54, 1.807) is 6.26 Å². The zero-order chi connectivity index (χ0) is 14.5. The van der Waals surface area contributed by atoms with Crippen LogP contribution in [0.4, 0.5) is 0 Å². The smallest absolute Gasteiger partial charge is 0.125 e. The molecule has 3 aromatic rings. The van der Waals surface area contributed by atoms with Crippen molar-refractivity contribution in [1.82, 2.24) is 5.32 Å². The fourth-order valence-corrected chi connectivity index (χ4v) is 2.98. The average Bonchev–Trinajstić information content (AvgIpc) is 3.20. The Morgan fingerprint density at radius 3 is 2.62 bits per heavy atom. The number of rotatable bonds is 5. The van der Waals surface area contributed by atoms with Crippen molar-refractivity contribution in [1.29, 1.82) is 5.26 Å². The number of benzene rings is 1. The molecule has 0 amide bonds. The lowest BCUT2D eigenvalue weighted by atomic mass is 10.0. The molecule has 0 aliphatic heterocycles. The Bertz CT molecular complexity index is 726. The van der Waals surface area contributed by atoms with Crippen molar-refractivity contribution < 1.29 is 4.42 Å². The molecular formula is C17H14N2OS. The van der Waals surface area contributed by atoms with Gasteiger partial charge in [0.25, 0.3) is 0 Å². The molecule has 0 radical (unpaired) electrons. The largest absolute Gasteiger partial charge is 0.467 e. The molecule has 104 valence electrons. The minimum Gasteiger partial charge on any atom is -0.467 e. The number of nitrogens with zero attached hydrogens (tertiary/aromatic N) is 1. The fourth-order valence-electron chi connectivity index (χ4n) is 2.22. The lowest BCUT2D eigenvalue weighted by Gasteiger charge is -2.16. The van der Waals surface area contributed by atoms with Crippen molar-refractivity contribution >= 4 is 11.3 Å². The molecule has 0 fully saturated rings. The Kier molecular flexibility index (Phi) is 4.15. The van der Waals surface area contributed by atoms with Gasteiger partial charge in [-0.1, -0.05) is 30.3 Å². The van der Waals surface area contributed by atoms with Gasteiger partial charge in [-0.2, -0.15) is 5.26 Å². The van der Waals surface area contributed by atoms with Crippen molar-refractivity contribution in [3.05, 3.63) is 81.9 Å². The van der Waals surface area contributed by atoms with Crippen LogP contribution in [0.3, 0.4) is 0 Å². The van der Waals surface area contributed by atoms with E-state index in [0.29, 0.717) is 6.54 Å². The Hall–Kier alpha value is -2.35. The van der Waals surface area contributed by atoms with E-state index in [1.807, 2.05) is 42.5 Å². The Labute approximate surface area is 127 Å². The molecule has 0 saturated heterocycles. The number of furan rings is 1. The van der Waals surface area contributed by atoms with Crippen LogP contribution in [0.15, 0.2) is 65.3 Å². The highest BCUT2D eigenvalue weighted by molar-refractivity contribution is 7.12. The summed E-state index contributed by atoms with van der Waals surface area (Å²) in [6.07, 6.45) is 1.69. The van der Waals surface area contributed by atoms with Crippen LogP contribution in [-0.4, -0.2) is 0 Å². The van der Waals surface area contributed by atoms with Gasteiger partial charge in [0.15, 0.2) is 0 Å². The molecule has 2 heterocycles. The zero-order valence-corrected chi connectivity index (χ0v) is 12.1. The molecule has 4 heteroatoms. The first kappa shape index (κ1) is 13.6. The first-order valence-corrected chi connectivity index (χ1v) is 7.49. The summed E-state index contributed by atoms with van der Waals surface area (Å²) >= 11 is 1.51. The molecule has 0 bridgehead atoms. The van der Waals surface area contributed by atoms with Crippen LogP contribution in [0, 0.1) is 11.3 Å². The first-order valence-electron chi connectivity index (χ1n) is 6.67. The van der Waals surface area contributed by atoms with Crippen molar-refractivity contribution in [3.8, 4) is 6.07 Å². The maximum Gasteiger partial charge on any atom is 0.125 e. The second kappa shape index (κ2) is 6.40. The van der Waals surface area contributed by atoms with Gasteiger partial charge in [-0.05, 0) is 29.8 Å². The van der Waals surface area contributed by atoms with E-state index in [1.165, 1.54) is 11.3 Å². The maximum atomic E-state index is 8.88. The van der Waals surface area contributed by atoms with E-state index >= 15 is 0 Å². The molecule has 1 N–H and O–H groups in total. The van der Waals surface area contributed by atoms with Gasteiger partial charge in [-0.3, -0.25) is 5.32 Å². The van der Waals surface area contributed by atoms with Crippen molar-refractivity contribution in [2.45, 2.75) is 12.6 Å². The number of hydrogen-bond donors (Lipinski definition) is 1. The summed E-state index contributed by atoms with van der Waals surface area (Å²) in [6, 6.07) is 20.1. The van der Waals surface area contributed by atoms with Crippen LogP contribution in [0.5, 0.6) is 0 Å². The molecule has 2 aromatic heterocycles. The highest BCUT2D eigenvalue weighted by Gasteiger charge is 2.16. The molecule has 0 aliphatic carbocycles. The number of nitrogens with one attached hydrogen (secondary N) is 1. The highest BCUT2D eigenvalue weighted by atomic mass is 32.1. The van der Waals surface area contributed by atoms with Gasteiger partial charge in [0.2, 0.25) is 0 Å². The highest BCUT2D eigenvalue weighted by Crippen LogP contribution is 2.24. The van der Waals surface area contributed by atoms with E-state index in [0.717, 1.165) is 21.1 Å². The summed E-state index contributed by atoms with van der Waals surface area (Å²) in [5.74, 6) is 0.887. The Morgan fingerprint density at radius 1 is 1.10 bits per heavy atom. The van der Waals surface area contributed by atoms with E-state index < -0.39 is 0 Å². The second-order valence-corrected chi connectivity index (χ2v) is 5.79. The molecule has 1 atom stereocenters. The van der Waals surface area contributed by atoms with Crippen LogP contribution >= 0.6 is 11.3 Å². The van der Waals surface area contributed by atoms with Crippen molar-refractivity contribution in [2.24, 2.45) is 0 Å². The topological polar surface area (TPSA) is 49.0 Å². The summed E-state index contributed by atoms with van der Waals surface area (Å²) in [7, 11) is 0. The van der Waals surface area contributed by atoms with Crippen molar-refractivity contribution in [3.63, 3.8) is 0 Å². The third kappa shape index (κ3) is 3.22. The van der Waals surface area contributed by atoms with E-state index in [4.69, 9.17) is 9.68 Å². The van der Waals surface area contributed by atoms with Crippen LogP contribution in [0.1, 0.15) is 27.1 Å². The average molecular weight is 294 g/mol. The van der Waals surface area contributed by atoms with E-state index in [-0.39, 0.29) is 6.04 Å². The Morgan fingerprint density at radius 2 is 1.95 bits per heavy atom. The van der Waals surface area contributed by atoms with Crippen LogP contribution in [0.2, 0.25) is 0 Å². The third-order valence-electron chi connectivity index (χ3n) is 3.21. The fraction of sp³-hybridized carbons (Fsp3) is 0.118. The SMILES string of the molecule is N#Cc1ccc(CNC(c2ccccc2)c2ccco2)s1. The number of hydrogen-bond acceptors (Lipinski definition) is 4. The van der Waals surface area contributed by atoms with Gasteiger partial charge >= 0.3 is 0 Å². The minimum absolute atomic E-state index is 0.00818. The molecule has 0 saturated carbocycles. The summed E-state index contributed by atoms with van der Waals surface area (Å²) in [6.45, 7) is 0.701. The zero-order valence-electron chi connectivity index (χ0n) is 11.3. The van der Waals surface area contributed by atoms with Gasteiger partial charge in [-0.15, -0.1) is 11.3 Å². The van der Waals surface area contributed by atoms with Crippen LogP contribution in [0.25, 0.3) is 0 Å². The van der Waals surface area contributed by atoms with Crippen LogP contribution < -0.4 is 5.32 Å². The normalized spacial score (nSPS) is 12.0. The minimum atomic E-state index is 0.00818. The predicted molar refractivity (Wildman–Crippen MR) is 82.9 cm³/mol. The Balaban J connectivity index is 1.79. The maximum absolute atomic E-state index is 8.88. The molecule has 21 heavy (non-hydrogen) atoms. The molecule has 3 nitrogen and oxygen atoms in total. The first-order chi connectivity index (χ1) is 10.4. The summed E-state index contributed by atoms with van der Waals surface area (Å²) in [5, 5.41) is 12.4. The number of nitriles is 1. The standard InChI is InChI=1S/C17H14N2OS/c18-11-14-8-9-15(21-14)12-19-17(16-7-4-10-20-16)13-5-2-1-3-6-13/h1-10,17,19H,12H2. The predicted octanol–water partition coefficient (Wildman–Crippen LogP) is 4.09. The summed E-state index contributed by atoms with van der Waals surface area (Å²) < 4.78 is 5.55. The van der Waals surface area contributed by atoms with Crippen LogP contribution in [-0.2, 0) is 6.54 Å². The van der Waals surface area contributed by atoms with Crippen molar-refractivity contribution in [2.75, 3.05) is 0 Å². The van der Waals surface area contributed by atoms with E-state index in [2.05, 4.69) is 23.5 Å². The monoisotopic (exact) mass is 294 g/mol. The molecule has 3 rings (SSSR count). The lowest BCUT2D eigenvalue weighted by Crippen LogP contribution is -2.21. The van der Waals surface area contributed by atoms with Gasteiger partial charge < -0.3 is 4.42 Å². The second-order valence-electron chi connectivity index (χ2n) is 4.62. The van der Waals surface area contributed by atoms with Gasteiger partial charge in [0.1, 0.15) is 16.7 Å². The molecule has 1 unspecified atom stereocenters. The van der Waals surface area contributed by atoms with Gasteiger partial charge in [-0.25, -0.2) is 0 Å². The summed E-state index contributed by atoms with van der Waals surface area (Å²) in [4.78, 5) is 1.88. The summed E-state index contributed by atoms with van der Waals surface area (Å²) in [5.41, 5.74) is 1.16. The lowest BCUT2D eigenvalue weighted by molar-refractivity contribution is 0.447. The third-order valence-corrected chi connectivity index (χ3v) is 4.20. The molecule has 0 spiro atoms. The molecular weight excluding hydrogens is 280 g/mol.